The van der Waals surface area contributed by atoms with E-state index in [0.29, 0.717) is 0 Å². The second-order valence-electron chi connectivity index (χ2n) is 9.83. The van der Waals surface area contributed by atoms with Crippen molar-refractivity contribution in [1.29, 1.82) is 0 Å². The van der Waals surface area contributed by atoms with Gasteiger partial charge in [-0.15, -0.1) is 0 Å². The van der Waals surface area contributed by atoms with Gasteiger partial charge in [0.25, 0.3) is 0 Å². The largest absolute Gasteiger partial charge is 0.311 e. The third-order valence-corrected chi connectivity index (χ3v) is 7.75. The molecule has 0 heterocycles. The first-order valence-corrected chi connectivity index (χ1v) is 13.6. The van der Waals surface area contributed by atoms with Crippen molar-refractivity contribution in [2.45, 2.75) is 27.7 Å². The molecule has 2 radical (unpaired) electrons. The lowest BCUT2D eigenvalue weighted by molar-refractivity contribution is 1.24. The van der Waals surface area contributed by atoms with Crippen molar-refractivity contribution in [3.8, 4) is 0 Å². The molecule has 0 spiro atoms. The van der Waals surface area contributed by atoms with E-state index < -0.39 is 0 Å². The van der Waals surface area contributed by atoms with Crippen molar-refractivity contribution >= 4 is 63.4 Å². The Morgan fingerprint density at radius 3 is 1.21 bits per heavy atom. The summed E-state index contributed by atoms with van der Waals surface area (Å²) in [7, 11) is 6.16. The molecule has 0 aliphatic rings. The first kappa shape index (κ1) is 25.9. The monoisotopic (exact) mass is 556 g/mol. The molecule has 0 amide bonds. The first-order valence-electron chi connectivity index (χ1n) is 12.8. The minimum atomic E-state index is 0.794. The number of hydrogen-bond acceptors (Lipinski definition) is 2. The zero-order valence-corrected chi connectivity index (χ0v) is 23.8. The minimum Gasteiger partial charge on any atom is -0.311 e. The van der Waals surface area contributed by atoms with E-state index in [0.717, 1.165) is 49.6 Å². The minimum absolute atomic E-state index is 0.794. The van der Waals surface area contributed by atoms with Gasteiger partial charge in [-0.2, -0.15) is 0 Å². The van der Waals surface area contributed by atoms with E-state index in [2.05, 4.69) is 150 Å². The highest BCUT2D eigenvalue weighted by Gasteiger charge is 2.17. The molecule has 5 aromatic rings. The van der Waals surface area contributed by atoms with Crippen molar-refractivity contribution in [3.05, 3.63) is 136 Å². The van der Waals surface area contributed by atoms with Gasteiger partial charge in [-0.1, -0.05) is 68.4 Å². The zero-order chi connectivity index (χ0) is 26.8. The van der Waals surface area contributed by atoms with E-state index in [9.17, 15) is 0 Å². The van der Waals surface area contributed by atoms with Crippen LogP contribution in [0, 0.1) is 27.7 Å². The fraction of sp³-hybridized carbons (Fsp3) is 0.118. The van der Waals surface area contributed by atoms with Crippen LogP contribution in [0.15, 0.2) is 114 Å². The number of halogens is 1. The van der Waals surface area contributed by atoms with Gasteiger partial charge in [0, 0.05) is 38.6 Å². The average Bonchev–Trinajstić information content (AvgIpc) is 2.91. The number of nitrogens with zero attached hydrogens (tertiary/aromatic N) is 2. The normalized spacial score (nSPS) is 10.9. The smallest absolute Gasteiger partial charge is 0.114 e. The van der Waals surface area contributed by atoms with E-state index in [1.54, 1.807) is 0 Å². The van der Waals surface area contributed by atoms with Crippen molar-refractivity contribution in [2.75, 3.05) is 9.80 Å². The number of rotatable bonds is 6. The molecule has 5 rings (SSSR count). The molecule has 5 aromatic carbocycles. The molecular formula is C34H30BBrN2. The Balaban J connectivity index is 1.60. The molecule has 2 nitrogen and oxygen atoms in total. The van der Waals surface area contributed by atoms with Crippen LogP contribution >= 0.6 is 15.9 Å². The van der Waals surface area contributed by atoms with Gasteiger partial charge in [0.2, 0.25) is 0 Å². The third kappa shape index (κ3) is 5.42. The summed E-state index contributed by atoms with van der Waals surface area (Å²) in [5.41, 5.74) is 12.1. The lowest BCUT2D eigenvalue weighted by atomic mass is 9.91. The number of anilines is 6. The molecule has 0 bridgehead atoms. The summed E-state index contributed by atoms with van der Waals surface area (Å²) in [6, 6.07) is 38.8. The Bertz CT molecular complexity index is 1460. The number of aryl methyl sites for hydroxylation is 4. The highest BCUT2D eigenvalue weighted by molar-refractivity contribution is 9.10. The molecule has 0 saturated heterocycles. The second-order valence-corrected chi connectivity index (χ2v) is 10.7. The zero-order valence-electron chi connectivity index (χ0n) is 22.2. The van der Waals surface area contributed by atoms with Crippen LogP contribution in [-0.2, 0) is 0 Å². The molecule has 0 aliphatic carbocycles. The van der Waals surface area contributed by atoms with E-state index in [4.69, 9.17) is 7.85 Å². The highest BCUT2D eigenvalue weighted by Crippen LogP contribution is 2.39. The van der Waals surface area contributed by atoms with Crippen molar-refractivity contribution < 1.29 is 0 Å². The summed E-state index contributed by atoms with van der Waals surface area (Å²) in [6.45, 7) is 8.40. The molecule has 38 heavy (non-hydrogen) atoms. The number of benzene rings is 5. The Hall–Kier alpha value is -3.76. The van der Waals surface area contributed by atoms with Crippen LogP contribution in [0.25, 0.3) is 0 Å². The van der Waals surface area contributed by atoms with E-state index in [-0.39, 0.29) is 0 Å². The summed E-state index contributed by atoms with van der Waals surface area (Å²) >= 11 is 3.65. The van der Waals surface area contributed by atoms with Crippen LogP contribution in [0.3, 0.4) is 0 Å². The first-order chi connectivity index (χ1) is 18.3. The Kier molecular flexibility index (Phi) is 7.44. The lowest BCUT2D eigenvalue weighted by Gasteiger charge is -2.29. The van der Waals surface area contributed by atoms with Gasteiger partial charge in [0.1, 0.15) is 7.85 Å². The summed E-state index contributed by atoms with van der Waals surface area (Å²) in [5.74, 6) is 0. The molecule has 0 aromatic heterocycles. The fourth-order valence-electron chi connectivity index (χ4n) is 4.60. The van der Waals surface area contributed by atoms with Crippen LogP contribution in [0.4, 0.5) is 34.1 Å². The van der Waals surface area contributed by atoms with Gasteiger partial charge in [-0.3, -0.25) is 0 Å². The molecule has 186 valence electrons. The molecule has 4 heteroatoms. The summed E-state index contributed by atoms with van der Waals surface area (Å²) in [4.78, 5) is 4.57. The number of hydrogen-bond donors (Lipinski definition) is 0. The summed E-state index contributed by atoms with van der Waals surface area (Å²) < 4.78 is 1.09. The predicted molar refractivity (Wildman–Crippen MR) is 168 cm³/mol. The Morgan fingerprint density at radius 1 is 0.447 bits per heavy atom. The van der Waals surface area contributed by atoms with Gasteiger partial charge in [0.15, 0.2) is 0 Å². The van der Waals surface area contributed by atoms with Crippen LogP contribution in [-0.4, -0.2) is 7.85 Å². The van der Waals surface area contributed by atoms with Gasteiger partial charge in [-0.05, 0) is 112 Å². The second kappa shape index (κ2) is 10.9. The highest BCUT2D eigenvalue weighted by atomic mass is 79.9. The van der Waals surface area contributed by atoms with Crippen molar-refractivity contribution in [2.24, 2.45) is 0 Å². The SMILES string of the molecule is [B]c1ccc(N(c2ccc(N(c3ccc(C)cc3)c3ccc(C)cc3)cc2)c2ccc(Br)c(C)c2)cc1C. The van der Waals surface area contributed by atoms with Gasteiger partial charge >= 0.3 is 0 Å². The predicted octanol–water partition coefficient (Wildman–Crippen LogP) is 9.42. The maximum atomic E-state index is 6.16. The quantitative estimate of drug-likeness (QED) is 0.192. The third-order valence-electron chi connectivity index (χ3n) is 6.86. The molecular weight excluding hydrogens is 527 g/mol. The van der Waals surface area contributed by atoms with E-state index in [1.807, 2.05) is 13.0 Å². The van der Waals surface area contributed by atoms with Crippen LogP contribution < -0.4 is 15.3 Å². The standard InChI is InChI=1S/C34H30BBrN2/c1-23-5-9-27(10-6-23)37(28-11-7-24(2)8-12-28)29-13-15-30(16-14-29)38(31-17-19-33(35)25(3)21-31)32-18-20-34(36)26(4)22-32/h5-22H,1-4H3. The molecule has 0 fully saturated rings. The van der Waals surface area contributed by atoms with Crippen molar-refractivity contribution in [1.82, 2.24) is 0 Å². The molecule has 0 N–H and O–H groups in total. The maximum absolute atomic E-state index is 6.16. The van der Waals surface area contributed by atoms with Crippen LogP contribution in [0.2, 0.25) is 0 Å². The maximum Gasteiger partial charge on any atom is 0.114 e. The van der Waals surface area contributed by atoms with Crippen LogP contribution in [0.1, 0.15) is 22.3 Å². The van der Waals surface area contributed by atoms with Gasteiger partial charge in [-0.25, -0.2) is 0 Å². The van der Waals surface area contributed by atoms with Crippen LogP contribution in [0.5, 0.6) is 0 Å². The van der Waals surface area contributed by atoms with Crippen molar-refractivity contribution in [3.63, 3.8) is 0 Å². The fourth-order valence-corrected chi connectivity index (χ4v) is 4.85. The summed E-state index contributed by atoms with van der Waals surface area (Å²) in [6.07, 6.45) is 0. The summed E-state index contributed by atoms with van der Waals surface area (Å²) in [5, 5.41) is 0. The van der Waals surface area contributed by atoms with E-state index >= 15 is 0 Å². The Morgan fingerprint density at radius 2 is 0.789 bits per heavy atom. The van der Waals surface area contributed by atoms with Gasteiger partial charge in [0.05, 0.1) is 0 Å². The molecule has 0 aliphatic heterocycles. The molecule has 0 saturated carbocycles. The topological polar surface area (TPSA) is 6.48 Å². The van der Waals surface area contributed by atoms with Gasteiger partial charge < -0.3 is 9.80 Å². The average molecular weight is 557 g/mol. The molecule has 0 atom stereocenters. The molecule has 0 unspecified atom stereocenters. The van der Waals surface area contributed by atoms with E-state index in [1.165, 1.54) is 16.7 Å². The Labute approximate surface area is 236 Å². The lowest BCUT2D eigenvalue weighted by Crippen LogP contribution is -2.14.